The molecule has 0 aromatic carbocycles. The minimum absolute atomic E-state index is 0.449. The SMILES string of the molecule is Cc1c(N)[nH]c(N)c1N. The van der Waals surface area contributed by atoms with Gasteiger partial charge in [-0.2, -0.15) is 0 Å². The summed E-state index contributed by atoms with van der Waals surface area (Å²) in [6, 6.07) is 0. The van der Waals surface area contributed by atoms with Gasteiger partial charge in [0.25, 0.3) is 0 Å². The number of anilines is 3. The Morgan fingerprint density at radius 3 is 1.78 bits per heavy atom. The first-order chi connectivity index (χ1) is 4.13. The Kier molecular flexibility index (Phi) is 1.02. The summed E-state index contributed by atoms with van der Waals surface area (Å²) < 4.78 is 0. The number of nitrogens with two attached hydrogens (primary N) is 3. The Hall–Kier alpha value is -1.32. The maximum absolute atomic E-state index is 5.47. The predicted molar refractivity (Wildman–Crippen MR) is 38.8 cm³/mol. The van der Waals surface area contributed by atoms with Crippen molar-refractivity contribution < 1.29 is 0 Å². The van der Waals surface area contributed by atoms with E-state index in [1.807, 2.05) is 6.92 Å². The molecule has 0 saturated carbocycles. The minimum Gasteiger partial charge on any atom is -0.395 e. The highest BCUT2D eigenvalue weighted by Gasteiger charge is 2.03. The molecule has 0 aliphatic rings. The lowest BCUT2D eigenvalue weighted by Gasteiger charge is -1.88. The van der Waals surface area contributed by atoms with Gasteiger partial charge in [-0.05, 0) is 6.92 Å². The number of H-pyrrole nitrogens is 1. The average molecular weight is 126 g/mol. The molecular formula is C5H10N4. The molecule has 0 fully saturated rings. The van der Waals surface area contributed by atoms with Crippen molar-refractivity contribution in [2.75, 3.05) is 17.2 Å². The van der Waals surface area contributed by atoms with E-state index >= 15 is 0 Å². The summed E-state index contributed by atoms with van der Waals surface area (Å²) >= 11 is 0. The van der Waals surface area contributed by atoms with E-state index in [0.29, 0.717) is 17.3 Å². The number of nitrogen functional groups attached to an aromatic ring is 3. The summed E-state index contributed by atoms with van der Waals surface area (Å²) in [6.07, 6.45) is 0. The molecule has 1 aromatic rings. The molecule has 1 heterocycles. The smallest absolute Gasteiger partial charge is 0.126 e. The van der Waals surface area contributed by atoms with Crippen LogP contribution in [0.25, 0.3) is 0 Å². The van der Waals surface area contributed by atoms with Crippen molar-refractivity contribution in [1.29, 1.82) is 0 Å². The fourth-order valence-electron chi connectivity index (χ4n) is 0.653. The minimum atomic E-state index is 0.449. The second kappa shape index (κ2) is 1.58. The monoisotopic (exact) mass is 126 g/mol. The topological polar surface area (TPSA) is 93.8 Å². The van der Waals surface area contributed by atoms with Gasteiger partial charge < -0.3 is 22.2 Å². The van der Waals surface area contributed by atoms with Crippen molar-refractivity contribution in [3.05, 3.63) is 5.56 Å². The number of aromatic amines is 1. The van der Waals surface area contributed by atoms with Crippen LogP contribution in [0.5, 0.6) is 0 Å². The first kappa shape index (κ1) is 5.81. The summed E-state index contributed by atoms with van der Waals surface area (Å²) in [6.45, 7) is 1.82. The second-order valence-corrected chi connectivity index (χ2v) is 1.99. The standard InChI is InChI=1S/C5H10N4/c1-2-3(6)5(8)9-4(2)7/h9H,6-8H2,1H3. The molecule has 0 aliphatic heterocycles. The highest BCUT2D eigenvalue weighted by Crippen LogP contribution is 2.23. The fraction of sp³-hybridized carbons (Fsp3) is 0.200. The van der Waals surface area contributed by atoms with E-state index in [-0.39, 0.29) is 0 Å². The molecule has 7 N–H and O–H groups in total. The van der Waals surface area contributed by atoms with Crippen LogP contribution >= 0.6 is 0 Å². The van der Waals surface area contributed by atoms with Gasteiger partial charge in [-0.15, -0.1) is 0 Å². The Bertz CT molecular complexity index is 203. The number of nitrogens with one attached hydrogen (secondary N) is 1. The van der Waals surface area contributed by atoms with Crippen LogP contribution in [0.3, 0.4) is 0 Å². The largest absolute Gasteiger partial charge is 0.395 e. The number of rotatable bonds is 0. The Morgan fingerprint density at radius 1 is 1.11 bits per heavy atom. The average Bonchev–Trinajstić information content (AvgIpc) is 1.98. The summed E-state index contributed by atoms with van der Waals surface area (Å²) in [4.78, 5) is 2.71. The molecule has 0 atom stereocenters. The van der Waals surface area contributed by atoms with Crippen LogP contribution in [0.4, 0.5) is 17.3 Å². The van der Waals surface area contributed by atoms with Gasteiger partial charge in [0, 0.05) is 5.56 Å². The van der Waals surface area contributed by atoms with Crippen LogP contribution < -0.4 is 17.2 Å². The van der Waals surface area contributed by atoms with Crippen LogP contribution in [0.1, 0.15) is 5.56 Å². The first-order valence-corrected chi connectivity index (χ1v) is 2.62. The van der Waals surface area contributed by atoms with E-state index in [1.54, 1.807) is 0 Å². The molecule has 4 nitrogen and oxygen atoms in total. The Balaban J connectivity index is 3.29. The zero-order valence-corrected chi connectivity index (χ0v) is 5.23. The lowest BCUT2D eigenvalue weighted by atomic mass is 10.3. The molecule has 9 heavy (non-hydrogen) atoms. The van der Waals surface area contributed by atoms with Gasteiger partial charge in [0.2, 0.25) is 0 Å². The normalized spacial score (nSPS) is 9.89. The van der Waals surface area contributed by atoms with Gasteiger partial charge in [0.1, 0.15) is 11.6 Å². The molecule has 0 amide bonds. The first-order valence-electron chi connectivity index (χ1n) is 2.62. The molecule has 0 bridgehead atoms. The van der Waals surface area contributed by atoms with Gasteiger partial charge in [0.15, 0.2) is 0 Å². The molecule has 0 saturated heterocycles. The van der Waals surface area contributed by atoms with Crippen LogP contribution in [0.15, 0.2) is 0 Å². The van der Waals surface area contributed by atoms with Gasteiger partial charge in [-0.25, -0.2) is 0 Å². The van der Waals surface area contributed by atoms with Crippen molar-refractivity contribution in [2.24, 2.45) is 0 Å². The van der Waals surface area contributed by atoms with Crippen molar-refractivity contribution in [2.45, 2.75) is 6.92 Å². The van der Waals surface area contributed by atoms with Crippen LogP contribution in [-0.4, -0.2) is 4.98 Å². The highest BCUT2D eigenvalue weighted by molar-refractivity contribution is 5.71. The molecule has 1 aromatic heterocycles. The number of aromatic nitrogens is 1. The van der Waals surface area contributed by atoms with E-state index in [4.69, 9.17) is 17.2 Å². The number of hydrogen-bond acceptors (Lipinski definition) is 3. The predicted octanol–water partition coefficient (Wildman–Crippen LogP) is 0.0697. The van der Waals surface area contributed by atoms with Crippen molar-refractivity contribution in [1.82, 2.24) is 4.98 Å². The third kappa shape index (κ3) is 0.679. The summed E-state index contributed by atoms with van der Waals surface area (Å²) in [5, 5.41) is 0. The lowest BCUT2D eigenvalue weighted by Crippen LogP contribution is -1.91. The van der Waals surface area contributed by atoms with E-state index < -0.39 is 0 Å². The second-order valence-electron chi connectivity index (χ2n) is 1.99. The molecule has 0 spiro atoms. The zero-order valence-electron chi connectivity index (χ0n) is 5.23. The van der Waals surface area contributed by atoms with E-state index in [2.05, 4.69) is 4.98 Å². The Morgan fingerprint density at radius 2 is 1.67 bits per heavy atom. The van der Waals surface area contributed by atoms with Crippen LogP contribution in [0.2, 0.25) is 0 Å². The summed E-state index contributed by atoms with van der Waals surface area (Å²) in [5.41, 5.74) is 17.6. The molecule has 0 radical (unpaired) electrons. The fourth-order valence-corrected chi connectivity index (χ4v) is 0.653. The third-order valence-corrected chi connectivity index (χ3v) is 1.37. The van der Waals surface area contributed by atoms with Crippen LogP contribution in [-0.2, 0) is 0 Å². The molecule has 0 unspecified atom stereocenters. The summed E-state index contributed by atoms with van der Waals surface area (Å²) in [7, 11) is 0. The zero-order chi connectivity index (χ0) is 7.02. The van der Waals surface area contributed by atoms with E-state index in [1.165, 1.54) is 0 Å². The van der Waals surface area contributed by atoms with Gasteiger partial charge >= 0.3 is 0 Å². The molecule has 0 aliphatic carbocycles. The van der Waals surface area contributed by atoms with Crippen LogP contribution in [0, 0.1) is 6.92 Å². The molecule has 4 heteroatoms. The quantitative estimate of drug-likeness (QED) is 0.396. The van der Waals surface area contributed by atoms with Crippen molar-refractivity contribution in [3.8, 4) is 0 Å². The van der Waals surface area contributed by atoms with Crippen molar-refractivity contribution in [3.63, 3.8) is 0 Å². The summed E-state index contributed by atoms with van der Waals surface area (Å²) in [5.74, 6) is 0.995. The van der Waals surface area contributed by atoms with E-state index in [0.717, 1.165) is 5.56 Å². The maximum Gasteiger partial charge on any atom is 0.126 e. The van der Waals surface area contributed by atoms with Crippen molar-refractivity contribution >= 4 is 17.3 Å². The number of hydrogen-bond donors (Lipinski definition) is 4. The van der Waals surface area contributed by atoms with Gasteiger partial charge in [-0.1, -0.05) is 0 Å². The Labute approximate surface area is 53.0 Å². The van der Waals surface area contributed by atoms with Gasteiger partial charge in [0.05, 0.1) is 5.69 Å². The van der Waals surface area contributed by atoms with E-state index in [9.17, 15) is 0 Å². The highest BCUT2D eigenvalue weighted by atomic mass is 15.0. The lowest BCUT2D eigenvalue weighted by molar-refractivity contribution is 1.39. The third-order valence-electron chi connectivity index (χ3n) is 1.37. The molecule has 1 rings (SSSR count). The molecular weight excluding hydrogens is 116 g/mol. The maximum atomic E-state index is 5.47. The molecule has 50 valence electrons. The van der Waals surface area contributed by atoms with Gasteiger partial charge in [-0.3, -0.25) is 0 Å².